The Morgan fingerprint density at radius 2 is 0.980 bits per heavy atom. The van der Waals surface area contributed by atoms with Crippen LogP contribution in [0.25, 0.3) is 0 Å². The minimum absolute atomic E-state index is 0.0177. The molecule has 22 nitrogen and oxygen atoms in total. The van der Waals surface area contributed by atoms with Crippen LogP contribution >= 0.6 is 0 Å². The number of aliphatic hydroxyl groups is 1. The molecule has 3 heterocycles. The van der Waals surface area contributed by atoms with Crippen molar-refractivity contribution in [1.82, 2.24) is 47.1 Å². The Morgan fingerprint density at radius 3 is 1.39 bits per heavy atom. The van der Waals surface area contributed by atoms with E-state index in [0.717, 1.165) is 15.2 Å². The molecule has 3 fully saturated rings. The van der Waals surface area contributed by atoms with Gasteiger partial charge in [-0.3, -0.25) is 0 Å². The summed E-state index contributed by atoms with van der Waals surface area (Å²) in [6, 6.07) is -5.44. The molecule has 3 saturated heterocycles. The van der Waals surface area contributed by atoms with Crippen molar-refractivity contribution < 1.29 is 59.1 Å². The van der Waals surface area contributed by atoms with Gasteiger partial charge in [-0.15, -0.1) is 0 Å². The van der Waals surface area contributed by atoms with Gasteiger partial charge in [0.2, 0.25) is 0 Å². The Bertz CT molecular complexity index is 1350. The van der Waals surface area contributed by atoms with Crippen LogP contribution in [0, 0.1) is 0 Å². The van der Waals surface area contributed by atoms with Crippen molar-refractivity contribution in [3.8, 4) is 0 Å². The fourth-order valence-corrected chi connectivity index (χ4v) is 8.30. The molecule has 4 atom stereocenters. The van der Waals surface area contributed by atoms with Gasteiger partial charge in [0.1, 0.15) is 0 Å². The molecule has 3 aliphatic rings. The van der Waals surface area contributed by atoms with Crippen molar-refractivity contribution >= 4 is 70.5 Å². The fraction of sp³-hybridized carbons (Fsp3) is 0.679. The zero-order chi connectivity index (χ0) is 37.7. The zero-order valence-corrected chi connectivity index (χ0v) is 31.0. The number of nitrogens with one attached hydrogen (secondary N) is 6. The van der Waals surface area contributed by atoms with E-state index in [1.165, 1.54) is 20.8 Å². The maximum absolute atomic E-state index is 13.7. The summed E-state index contributed by atoms with van der Waals surface area (Å²) >= 11 is -4.28. The summed E-state index contributed by atoms with van der Waals surface area (Å²) in [5, 5.41) is 26.9. The molecule has 23 heteroatoms. The minimum atomic E-state index is -4.28. The molecule has 3 rings (SSSR count). The van der Waals surface area contributed by atoms with Gasteiger partial charge in [-0.1, -0.05) is 0 Å². The predicted octanol–water partition coefficient (Wildman–Crippen LogP) is -5.14. The van der Waals surface area contributed by atoms with E-state index in [-0.39, 0.29) is 58.2 Å². The third-order valence-corrected chi connectivity index (χ3v) is 10.5. The topological polar surface area (TPSA) is 283 Å². The van der Waals surface area contributed by atoms with Crippen molar-refractivity contribution in [2.75, 3.05) is 39.3 Å². The van der Waals surface area contributed by atoms with Gasteiger partial charge in [-0.25, -0.2) is 0 Å². The average Bonchev–Trinajstić information content (AvgIpc) is 3.07. The summed E-state index contributed by atoms with van der Waals surface area (Å²) < 4.78 is 17.6. The van der Waals surface area contributed by atoms with Crippen LogP contribution in [0.15, 0.2) is 0 Å². The van der Waals surface area contributed by atoms with Crippen LogP contribution < -0.4 is 31.9 Å². The molecule has 282 valence electrons. The Hall–Kier alpha value is -4.29. The quantitative estimate of drug-likeness (QED) is 0.123. The van der Waals surface area contributed by atoms with Crippen LogP contribution in [0.4, 0.5) is 0 Å². The SMILES string of the molecule is CC(=O)N1CCCC2NC(=O)CNC(=O)C(CO)NC(=O)CNC(=O)C3CCCN(C(C)=O)[O][Ga]([O]1)[O]N(C(C)=O)CCCC(NC2=O)C(=O)N3. The second-order valence-electron chi connectivity index (χ2n) is 11.9. The number of carbonyl (C=O) groups is 9. The molecule has 0 aromatic rings. The van der Waals surface area contributed by atoms with Crippen molar-refractivity contribution in [2.45, 2.75) is 83.5 Å². The average molecular weight is 784 g/mol. The number of amides is 9. The monoisotopic (exact) mass is 783 g/mol. The van der Waals surface area contributed by atoms with Crippen LogP contribution in [-0.4, -0.2) is 154 Å². The van der Waals surface area contributed by atoms with Gasteiger partial charge in [0.05, 0.1) is 6.61 Å². The number of carbonyl (C=O) groups excluding carboxylic acids is 9. The van der Waals surface area contributed by atoms with E-state index in [1.54, 1.807) is 0 Å². The number of hydrogen-bond donors (Lipinski definition) is 7. The molecule has 3 aliphatic heterocycles. The molecule has 9 amide bonds. The van der Waals surface area contributed by atoms with E-state index in [1.807, 2.05) is 0 Å². The summed E-state index contributed by atoms with van der Waals surface area (Å²) in [6.07, 6.45) is -0.267. The molecule has 0 aromatic carbocycles. The van der Waals surface area contributed by atoms with Crippen molar-refractivity contribution in [3.05, 3.63) is 0 Å². The normalized spacial score (nSPS) is 25.9. The van der Waals surface area contributed by atoms with Crippen molar-refractivity contribution in [1.29, 1.82) is 0 Å². The summed E-state index contributed by atoms with van der Waals surface area (Å²) in [5.41, 5.74) is 0. The Labute approximate surface area is 299 Å². The first kappa shape index (κ1) is 41.1. The molecule has 0 saturated carbocycles. The molecule has 0 spiro atoms. The third-order valence-electron chi connectivity index (χ3n) is 7.85. The number of fused-ring (bicyclic) bond motifs is 9. The molecule has 4 bridgehead atoms. The van der Waals surface area contributed by atoms with Crippen LogP contribution in [0.5, 0.6) is 0 Å². The van der Waals surface area contributed by atoms with E-state index in [4.69, 9.17) is 10.9 Å². The number of rotatable bonds is 1. The second kappa shape index (κ2) is 19.9. The van der Waals surface area contributed by atoms with Crippen LogP contribution in [-0.2, 0) is 54.0 Å². The van der Waals surface area contributed by atoms with E-state index < -0.39 is 114 Å². The van der Waals surface area contributed by atoms with E-state index in [0.29, 0.717) is 0 Å². The predicted molar refractivity (Wildman–Crippen MR) is 170 cm³/mol. The second-order valence-corrected chi connectivity index (χ2v) is 14.4. The first-order valence-corrected chi connectivity index (χ1v) is 19.4. The van der Waals surface area contributed by atoms with Gasteiger partial charge >= 0.3 is 288 Å². The summed E-state index contributed by atoms with van der Waals surface area (Å²) in [7, 11) is 0. The Kier molecular flexibility index (Phi) is 16.1. The first-order chi connectivity index (χ1) is 24.2. The van der Waals surface area contributed by atoms with Gasteiger partial charge in [0.25, 0.3) is 0 Å². The molecule has 0 radical (unpaired) electrons. The van der Waals surface area contributed by atoms with Gasteiger partial charge in [-0.2, -0.15) is 0 Å². The van der Waals surface area contributed by atoms with Crippen LogP contribution in [0.2, 0.25) is 0 Å². The number of nitrogens with zero attached hydrogens (tertiary/aromatic N) is 3. The van der Waals surface area contributed by atoms with Crippen molar-refractivity contribution in [2.24, 2.45) is 0 Å². The molecule has 4 unspecified atom stereocenters. The van der Waals surface area contributed by atoms with E-state index in [9.17, 15) is 48.3 Å². The molecule has 0 aromatic heterocycles. The number of hydrogen-bond acceptors (Lipinski definition) is 13. The molecular weight excluding hydrogens is 740 g/mol. The summed E-state index contributed by atoms with van der Waals surface area (Å²) in [4.78, 5) is 117. The molecule has 51 heavy (non-hydrogen) atoms. The summed E-state index contributed by atoms with van der Waals surface area (Å²) in [6.45, 7) is 0.893. The first-order valence-electron chi connectivity index (χ1n) is 16.4. The van der Waals surface area contributed by atoms with E-state index >= 15 is 0 Å². The van der Waals surface area contributed by atoms with Crippen molar-refractivity contribution in [3.63, 3.8) is 0 Å². The van der Waals surface area contributed by atoms with E-state index in [2.05, 4.69) is 31.9 Å². The van der Waals surface area contributed by atoms with Gasteiger partial charge < -0.3 is 5.11 Å². The third kappa shape index (κ3) is 13.1. The van der Waals surface area contributed by atoms with Crippen LogP contribution in [0.3, 0.4) is 0 Å². The number of aliphatic hydroxyl groups excluding tert-OH is 1. The molecule has 0 aliphatic carbocycles. The Morgan fingerprint density at radius 1 is 0.608 bits per heavy atom. The number of hydroxylamine groups is 6. The Balaban J connectivity index is 2.13. The van der Waals surface area contributed by atoms with Gasteiger partial charge in [0, 0.05) is 0 Å². The fourth-order valence-electron chi connectivity index (χ4n) is 5.16. The van der Waals surface area contributed by atoms with Gasteiger partial charge in [-0.05, 0) is 0 Å². The standard InChI is InChI=1S/C28H44N9O13.Ga/c1-16(39)35(48)10-4-7-19-25(44)29-14-24(43)32-22(15-38)26(45)30-13-23(42)31-20(8-5-11-36(49)17(2)40)27(46)34-21(28(47)33-19)9-6-12-37(50)18(3)41;/h19-22,38H,4-15H2,1-3H3,(H,29,44)(H,30,45)(H,31,42)(H,32,43)(H,33,47)(H,34,46);/q-3;+3. The maximum atomic E-state index is 13.7. The molecule has 7 N–H and O–H groups in total. The summed E-state index contributed by atoms with van der Waals surface area (Å²) in [5.74, 6) is -6.85. The van der Waals surface area contributed by atoms with Crippen LogP contribution in [0.1, 0.15) is 59.3 Å². The van der Waals surface area contributed by atoms with Gasteiger partial charge in [0.15, 0.2) is 0 Å². The molecular formula is C28H44GaN9O13. The zero-order valence-electron chi connectivity index (χ0n) is 28.6.